The molecule has 0 aliphatic rings. The Kier molecular flexibility index (Phi) is 3.87. The van der Waals surface area contributed by atoms with E-state index in [0.717, 1.165) is 16.4 Å². The Hall–Kier alpha value is -1.25. The highest BCUT2D eigenvalue weighted by Crippen LogP contribution is 2.20. The molecular formula is C13H12Cl2N2. The van der Waals surface area contributed by atoms with Crippen LogP contribution in [-0.2, 0) is 6.54 Å². The second-order valence-electron chi connectivity index (χ2n) is 3.77. The van der Waals surface area contributed by atoms with Gasteiger partial charge in [0.2, 0.25) is 0 Å². The lowest BCUT2D eigenvalue weighted by molar-refractivity contribution is 0.898. The van der Waals surface area contributed by atoms with Crippen LogP contribution in [0.15, 0.2) is 42.5 Å². The van der Waals surface area contributed by atoms with Gasteiger partial charge in [0.15, 0.2) is 0 Å². The van der Waals surface area contributed by atoms with Crippen LogP contribution in [0.25, 0.3) is 0 Å². The van der Waals surface area contributed by atoms with Crippen LogP contribution in [0.4, 0.5) is 5.82 Å². The second kappa shape index (κ2) is 5.39. The van der Waals surface area contributed by atoms with E-state index < -0.39 is 0 Å². The van der Waals surface area contributed by atoms with E-state index in [-0.39, 0.29) is 0 Å². The average Bonchev–Trinajstić information content (AvgIpc) is 2.32. The molecule has 2 rings (SSSR count). The highest BCUT2D eigenvalue weighted by molar-refractivity contribution is 6.31. The van der Waals surface area contributed by atoms with E-state index in [1.165, 1.54) is 0 Å². The van der Waals surface area contributed by atoms with Crippen molar-refractivity contribution in [3.8, 4) is 0 Å². The third-order valence-electron chi connectivity index (χ3n) is 2.46. The molecule has 1 aromatic heterocycles. The predicted octanol–water partition coefficient (Wildman–Crippen LogP) is 4.02. The predicted molar refractivity (Wildman–Crippen MR) is 72.8 cm³/mol. The fourth-order valence-electron chi connectivity index (χ4n) is 1.57. The Morgan fingerprint density at radius 3 is 2.53 bits per heavy atom. The summed E-state index contributed by atoms with van der Waals surface area (Å²) in [5.74, 6) is 0.831. The van der Waals surface area contributed by atoms with Crippen molar-refractivity contribution < 1.29 is 0 Å². The van der Waals surface area contributed by atoms with Gasteiger partial charge in [0.1, 0.15) is 11.0 Å². The molecule has 0 N–H and O–H groups in total. The first-order valence-corrected chi connectivity index (χ1v) is 5.99. The van der Waals surface area contributed by atoms with E-state index in [1.807, 2.05) is 48.3 Å². The van der Waals surface area contributed by atoms with Crippen molar-refractivity contribution in [1.29, 1.82) is 0 Å². The summed E-state index contributed by atoms with van der Waals surface area (Å²) in [5.41, 5.74) is 1.07. The summed E-state index contributed by atoms with van der Waals surface area (Å²) < 4.78 is 0. The lowest BCUT2D eigenvalue weighted by atomic mass is 10.2. The molecule has 1 aromatic carbocycles. The number of pyridine rings is 1. The monoisotopic (exact) mass is 266 g/mol. The standard InChI is InChI=1S/C13H12Cl2N2/c1-17(13-8-4-7-12(15)16-13)9-10-5-2-3-6-11(10)14/h2-8H,9H2,1H3. The van der Waals surface area contributed by atoms with E-state index >= 15 is 0 Å². The highest BCUT2D eigenvalue weighted by atomic mass is 35.5. The largest absolute Gasteiger partial charge is 0.355 e. The molecule has 0 bridgehead atoms. The molecule has 0 fully saturated rings. The fourth-order valence-corrected chi connectivity index (χ4v) is 1.93. The van der Waals surface area contributed by atoms with Crippen LogP contribution in [-0.4, -0.2) is 12.0 Å². The molecule has 0 amide bonds. The molecule has 2 nitrogen and oxygen atoms in total. The molecule has 0 radical (unpaired) electrons. The maximum atomic E-state index is 6.11. The first kappa shape index (κ1) is 12.2. The normalized spacial score (nSPS) is 10.3. The van der Waals surface area contributed by atoms with Crippen LogP contribution in [0.2, 0.25) is 10.2 Å². The number of halogens is 2. The van der Waals surface area contributed by atoms with Crippen molar-refractivity contribution >= 4 is 29.0 Å². The molecule has 2 aromatic rings. The van der Waals surface area contributed by atoms with Crippen molar-refractivity contribution in [3.63, 3.8) is 0 Å². The van der Waals surface area contributed by atoms with Crippen LogP contribution < -0.4 is 4.90 Å². The van der Waals surface area contributed by atoms with Crippen molar-refractivity contribution in [2.45, 2.75) is 6.54 Å². The summed E-state index contributed by atoms with van der Waals surface area (Å²) in [6, 6.07) is 13.3. The number of anilines is 1. The average molecular weight is 267 g/mol. The molecular weight excluding hydrogens is 255 g/mol. The van der Waals surface area contributed by atoms with Gasteiger partial charge in [-0.1, -0.05) is 47.5 Å². The topological polar surface area (TPSA) is 16.1 Å². The highest BCUT2D eigenvalue weighted by Gasteiger charge is 2.06. The number of hydrogen-bond acceptors (Lipinski definition) is 2. The minimum Gasteiger partial charge on any atom is -0.355 e. The first-order chi connectivity index (χ1) is 8.16. The minimum atomic E-state index is 0.494. The maximum absolute atomic E-state index is 6.11. The number of hydrogen-bond donors (Lipinski definition) is 0. The zero-order chi connectivity index (χ0) is 12.3. The van der Waals surface area contributed by atoms with Gasteiger partial charge < -0.3 is 4.90 Å². The van der Waals surface area contributed by atoms with Gasteiger partial charge in [0.25, 0.3) is 0 Å². The minimum absolute atomic E-state index is 0.494. The third kappa shape index (κ3) is 3.11. The van der Waals surface area contributed by atoms with Gasteiger partial charge in [0.05, 0.1) is 0 Å². The fraction of sp³-hybridized carbons (Fsp3) is 0.154. The number of aromatic nitrogens is 1. The molecule has 0 atom stereocenters. The summed E-state index contributed by atoms with van der Waals surface area (Å²) in [6.45, 7) is 0.701. The van der Waals surface area contributed by atoms with E-state index in [2.05, 4.69) is 4.98 Å². The zero-order valence-electron chi connectivity index (χ0n) is 9.40. The van der Waals surface area contributed by atoms with Crippen LogP contribution in [0.3, 0.4) is 0 Å². The Labute approximate surface area is 111 Å². The Morgan fingerprint density at radius 2 is 1.82 bits per heavy atom. The number of nitrogens with zero attached hydrogens (tertiary/aromatic N) is 2. The number of benzene rings is 1. The summed E-state index contributed by atoms with van der Waals surface area (Å²) in [7, 11) is 1.96. The van der Waals surface area contributed by atoms with Crippen LogP contribution in [0.5, 0.6) is 0 Å². The molecule has 88 valence electrons. The molecule has 0 saturated carbocycles. The molecule has 0 unspecified atom stereocenters. The number of rotatable bonds is 3. The first-order valence-electron chi connectivity index (χ1n) is 5.24. The van der Waals surface area contributed by atoms with E-state index in [1.54, 1.807) is 6.07 Å². The summed E-state index contributed by atoms with van der Waals surface area (Å²) in [4.78, 5) is 6.25. The van der Waals surface area contributed by atoms with Gasteiger partial charge >= 0.3 is 0 Å². The van der Waals surface area contributed by atoms with Gasteiger partial charge in [-0.3, -0.25) is 0 Å². The SMILES string of the molecule is CN(Cc1ccccc1Cl)c1cccc(Cl)n1. The Bertz CT molecular complexity index is 514. The van der Waals surface area contributed by atoms with Crippen molar-refractivity contribution in [3.05, 3.63) is 58.2 Å². The summed E-state index contributed by atoms with van der Waals surface area (Å²) in [6.07, 6.45) is 0. The van der Waals surface area contributed by atoms with Gasteiger partial charge in [-0.05, 0) is 23.8 Å². The molecule has 0 saturated heterocycles. The molecule has 0 aliphatic carbocycles. The van der Waals surface area contributed by atoms with E-state index in [4.69, 9.17) is 23.2 Å². The van der Waals surface area contributed by atoms with Gasteiger partial charge in [-0.25, -0.2) is 4.98 Å². The lowest BCUT2D eigenvalue weighted by Crippen LogP contribution is -2.17. The molecule has 17 heavy (non-hydrogen) atoms. The van der Waals surface area contributed by atoms with E-state index in [0.29, 0.717) is 11.7 Å². The Morgan fingerprint density at radius 1 is 1.06 bits per heavy atom. The smallest absolute Gasteiger partial charge is 0.131 e. The summed E-state index contributed by atoms with van der Waals surface area (Å²) in [5, 5.41) is 1.26. The van der Waals surface area contributed by atoms with Crippen molar-refractivity contribution in [2.75, 3.05) is 11.9 Å². The molecule has 1 heterocycles. The van der Waals surface area contributed by atoms with Gasteiger partial charge in [-0.2, -0.15) is 0 Å². The summed E-state index contributed by atoms with van der Waals surface area (Å²) >= 11 is 12.0. The molecule has 4 heteroatoms. The lowest BCUT2D eigenvalue weighted by Gasteiger charge is -2.18. The molecule has 0 aliphatic heterocycles. The Balaban J connectivity index is 2.17. The van der Waals surface area contributed by atoms with Crippen LogP contribution in [0.1, 0.15) is 5.56 Å². The third-order valence-corrected chi connectivity index (χ3v) is 3.04. The maximum Gasteiger partial charge on any atom is 0.131 e. The second-order valence-corrected chi connectivity index (χ2v) is 4.56. The van der Waals surface area contributed by atoms with E-state index in [9.17, 15) is 0 Å². The van der Waals surface area contributed by atoms with Gasteiger partial charge in [0, 0.05) is 18.6 Å². The van der Waals surface area contributed by atoms with Crippen LogP contribution >= 0.6 is 23.2 Å². The van der Waals surface area contributed by atoms with Crippen LogP contribution in [0, 0.1) is 0 Å². The van der Waals surface area contributed by atoms with Crippen molar-refractivity contribution in [1.82, 2.24) is 4.98 Å². The quantitative estimate of drug-likeness (QED) is 0.780. The zero-order valence-corrected chi connectivity index (χ0v) is 10.9. The van der Waals surface area contributed by atoms with Gasteiger partial charge in [-0.15, -0.1) is 0 Å². The van der Waals surface area contributed by atoms with Crippen molar-refractivity contribution in [2.24, 2.45) is 0 Å². The molecule has 0 spiro atoms.